The molecular weight excluding hydrogens is 544 g/mol. The highest BCUT2D eigenvalue weighted by molar-refractivity contribution is 5.64. The highest BCUT2D eigenvalue weighted by Crippen LogP contribution is 2.35. The van der Waals surface area contributed by atoms with E-state index in [1.807, 2.05) is 62.4 Å². The first-order chi connectivity index (χ1) is 20.9. The van der Waals surface area contributed by atoms with Crippen LogP contribution in [0, 0.1) is 5.92 Å². The van der Waals surface area contributed by atoms with Crippen molar-refractivity contribution in [3.8, 4) is 5.75 Å². The number of nitrogens with one attached hydrogen (secondary N) is 2. The standard InChI is InChI=1S/C13H19NO.C13H13N.C6H9NO3.CH5N.CH2O/c1-9-4-3-5-11-12(15)7-6-10(8-9)13(11)14-2;14-13(11-7-3-1-4-8-11)12-9-5-2-6-10-12;8-3-1-2-6(4-9)7-5-10;2*1-2/h6-7,9,14-15H,3-5,8H2,1-2H3;1-10,13H,14H2;3-6H,1-2H2,(H,7,10);2H2,1H3;1H2. The summed E-state index contributed by atoms with van der Waals surface area (Å²) in [7, 11) is 3.44. The van der Waals surface area contributed by atoms with E-state index in [4.69, 9.17) is 10.5 Å². The van der Waals surface area contributed by atoms with Crippen LogP contribution in [0.15, 0.2) is 72.8 Å². The molecule has 7 N–H and O–H groups in total. The van der Waals surface area contributed by atoms with Gasteiger partial charge in [0, 0.05) is 24.7 Å². The van der Waals surface area contributed by atoms with Crippen molar-refractivity contribution in [1.29, 1.82) is 0 Å². The molecule has 0 heterocycles. The number of benzene rings is 3. The first-order valence-corrected chi connectivity index (χ1v) is 14.3. The molecule has 1 amide bonds. The zero-order valence-electron chi connectivity index (χ0n) is 25.6. The number of anilines is 1. The maximum absolute atomic E-state index is 10.1. The van der Waals surface area contributed by atoms with Crippen molar-refractivity contribution in [2.45, 2.75) is 57.5 Å². The van der Waals surface area contributed by atoms with Crippen LogP contribution in [0.2, 0.25) is 0 Å². The van der Waals surface area contributed by atoms with E-state index in [1.54, 1.807) is 0 Å². The van der Waals surface area contributed by atoms with Crippen LogP contribution in [-0.2, 0) is 32.0 Å². The molecule has 4 rings (SSSR count). The molecule has 2 unspecified atom stereocenters. The summed E-state index contributed by atoms with van der Waals surface area (Å²) in [5.74, 6) is 1.19. The summed E-state index contributed by atoms with van der Waals surface area (Å²) in [6, 6.07) is 23.6. The summed E-state index contributed by atoms with van der Waals surface area (Å²) in [6.45, 7) is 4.30. The average Bonchev–Trinajstić information content (AvgIpc) is 3.06. The lowest BCUT2D eigenvalue weighted by molar-refractivity contribution is -0.115. The Morgan fingerprint density at radius 3 is 1.98 bits per heavy atom. The maximum atomic E-state index is 10.1. The lowest BCUT2D eigenvalue weighted by Crippen LogP contribution is -2.28. The Bertz CT molecular complexity index is 1120. The molecule has 0 aromatic heterocycles. The van der Waals surface area contributed by atoms with Gasteiger partial charge in [-0.25, -0.2) is 0 Å². The molecule has 9 nitrogen and oxygen atoms in total. The summed E-state index contributed by atoms with van der Waals surface area (Å²) in [5, 5.41) is 15.3. The smallest absolute Gasteiger partial charge is 0.207 e. The number of phenolic OH excluding ortho intramolecular Hbond substituents is 1. The van der Waals surface area contributed by atoms with Crippen LogP contribution in [0.25, 0.3) is 0 Å². The topological polar surface area (TPSA) is 165 Å². The fraction of sp³-hybridized carbons (Fsp3) is 0.353. The summed E-state index contributed by atoms with van der Waals surface area (Å²) in [4.78, 5) is 37.6. The van der Waals surface area contributed by atoms with E-state index in [0.717, 1.165) is 41.1 Å². The predicted octanol–water partition coefficient (Wildman–Crippen LogP) is 4.35. The first kappa shape index (κ1) is 38.7. The molecule has 0 aliphatic heterocycles. The van der Waals surface area contributed by atoms with Crippen molar-refractivity contribution in [3.05, 3.63) is 95.1 Å². The Labute approximate surface area is 256 Å². The molecule has 1 aliphatic carbocycles. The Hall–Kier alpha value is -4.34. The molecule has 2 bridgehead atoms. The molecule has 43 heavy (non-hydrogen) atoms. The van der Waals surface area contributed by atoms with Gasteiger partial charge in [-0.1, -0.05) is 80.1 Å². The van der Waals surface area contributed by atoms with Gasteiger partial charge >= 0.3 is 0 Å². The van der Waals surface area contributed by atoms with Gasteiger partial charge in [0.25, 0.3) is 0 Å². The van der Waals surface area contributed by atoms with Gasteiger partial charge in [0.15, 0.2) is 0 Å². The van der Waals surface area contributed by atoms with Crippen LogP contribution >= 0.6 is 0 Å². The van der Waals surface area contributed by atoms with E-state index in [-0.39, 0.29) is 6.04 Å². The van der Waals surface area contributed by atoms with Crippen LogP contribution in [0.4, 0.5) is 5.69 Å². The summed E-state index contributed by atoms with van der Waals surface area (Å²) in [5.41, 5.74) is 16.5. The average molecular weight is 593 g/mol. The lowest BCUT2D eigenvalue weighted by atomic mass is 9.88. The lowest BCUT2D eigenvalue weighted by Gasteiger charge is -2.22. The molecule has 3 aromatic carbocycles. The number of amides is 1. The SMILES string of the molecule is C=O.CN.CNc1c2ccc(O)c1CCCC(C)C2.NC(c1ccccc1)c1ccccc1.O=CCCC(C=O)NC=O. The van der Waals surface area contributed by atoms with Crippen molar-refractivity contribution in [2.24, 2.45) is 17.4 Å². The van der Waals surface area contributed by atoms with Crippen molar-refractivity contribution in [3.63, 3.8) is 0 Å². The first-order valence-electron chi connectivity index (χ1n) is 14.3. The molecular formula is C34H48N4O5. The minimum absolute atomic E-state index is 0.0163. The molecule has 9 heteroatoms. The number of hydrogen-bond acceptors (Lipinski definition) is 8. The van der Waals surface area contributed by atoms with Crippen LogP contribution in [-0.4, -0.2) is 51.0 Å². The van der Waals surface area contributed by atoms with Gasteiger partial charge in [0.2, 0.25) is 6.41 Å². The highest BCUT2D eigenvalue weighted by Gasteiger charge is 2.17. The second-order valence-electron chi connectivity index (χ2n) is 9.62. The number of aromatic hydroxyl groups is 1. The maximum Gasteiger partial charge on any atom is 0.207 e. The third kappa shape index (κ3) is 14.4. The van der Waals surface area contributed by atoms with Crippen LogP contribution < -0.4 is 22.1 Å². The molecule has 234 valence electrons. The van der Waals surface area contributed by atoms with E-state index >= 15 is 0 Å². The van der Waals surface area contributed by atoms with Gasteiger partial charge in [-0.15, -0.1) is 0 Å². The van der Waals surface area contributed by atoms with Crippen molar-refractivity contribution in [1.82, 2.24) is 5.32 Å². The number of hydrogen-bond donors (Lipinski definition) is 5. The number of carbonyl (C=O) groups excluding carboxylic acids is 4. The van der Waals surface area contributed by atoms with Gasteiger partial charge < -0.3 is 41.6 Å². The predicted molar refractivity (Wildman–Crippen MR) is 174 cm³/mol. The quantitative estimate of drug-likeness (QED) is 0.229. The van der Waals surface area contributed by atoms with Gasteiger partial charge in [0.1, 0.15) is 25.1 Å². The fourth-order valence-electron chi connectivity index (χ4n) is 4.56. The Balaban J connectivity index is 0.000000592. The fourth-order valence-corrected chi connectivity index (χ4v) is 4.56. The van der Waals surface area contributed by atoms with Crippen molar-refractivity contribution < 1.29 is 24.3 Å². The van der Waals surface area contributed by atoms with Gasteiger partial charge in [-0.2, -0.15) is 0 Å². The molecule has 1 aliphatic rings. The third-order valence-electron chi connectivity index (χ3n) is 6.68. The zero-order valence-corrected chi connectivity index (χ0v) is 25.6. The Morgan fingerprint density at radius 1 is 0.953 bits per heavy atom. The molecule has 0 fully saturated rings. The third-order valence-corrected chi connectivity index (χ3v) is 6.68. The number of carbonyl (C=O) groups is 4. The van der Waals surface area contributed by atoms with E-state index in [9.17, 15) is 19.5 Å². The molecule has 0 saturated heterocycles. The van der Waals surface area contributed by atoms with Crippen LogP contribution in [0.1, 0.15) is 60.9 Å². The number of phenols is 1. The molecule has 0 saturated carbocycles. The molecule has 2 atom stereocenters. The van der Waals surface area contributed by atoms with Crippen LogP contribution in [0.3, 0.4) is 0 Å². The number of fused-ring (bicyclic) bond motifs is 2. The van der Waals surface area contributed by atoms with Crippen LogP contribution in [0.5, 0.6) is 5.75 Å². The normalized spacial score (nSPS) is 13.5. The number of nitrogens with two attached hydrogens (primary N) is 2. The monoisotopic (exact) mass is 592 g/mol. The van der Waals surface area contributed by atoms with E-state index < -0.39 is 6.04 Å². The Morgan fingerprint density at radius 2 is 1.51 bits per heavy atom. The number of aldehydes is 2. The second kappa shape index (κ2) is 24.3. The molecule has 0 radical (unpaired) electrons. The summed E-state index contributed by atoms with van der Waals surface area (Å²) < 4.78 is 0. The number of rotatable bonds is 9. The van der Waals surface area contributed by atoms with E-state index in [0.29, 0.717) is 37.6 Å². The van der Waals surface area contributed by atoms with Gasteiger partial charge in [0.05, 0.1) is 12.1 Å². The van der Waals surface area contributed by atoms with Crippen molar-refractivity contribution >= 4 is 31.5 Å². The molecule has 3 aromatic rings. The summed E-state index contributed by atoms with van der Waals surface area (Å²) in [6.07, 6.45) is 6.97. The van der Waals surface area contributed by atoms with E-state index in [2.05, 4.69) is 47.6 Å². The zero-order chi connectivity index (χ0) is 32.5. The Kier molecular flexibility index (Phi) is 21.8. The highest BCUT2D eigenvalue weighted by atomic mass is 16.3. The van der Waals surface area contributed by atoms with Gasteiger partial charge in [-0.3, -0.25) is 4.79 Å². The van der Waals surface area contributed by atoms with E-state index in [1.165, 1.54) is 25.5 Å². The minimum Gasteiger partial charge on any atom is -0.508 e. The molecule has 0 spiro atoms. The second-order valence-corrected chi connectivity index (χ2v) is 9.62. The largest absolute Gasteiger partial charge is 0.508 e. The van der Waals surface area contributed by atoms with Gasteiger partial charge in [-0.05, 0) is 61.4 Å². The summed E-state index contributed by atoms with van der Waals surface area (Å²) >= 11 is 0. The minimum atomic E-state index is -0.511. The van der Waals surface area contributed by atoms with Crippen molar-refractivity contribution in [2.75, 3.05) is 19.4 Å².